The van der Waals surface area contributed by atoms with Crippen molar-refractivity contribution in [3.63, 3.8) is 0 Å². The van der Waals surface area contributed by atoms with Gasteiger partial charge in [-0.05, 0) is 19.9 Å². The molecule has 0 aliphatic carbocycles. The Labute approximate surface area is 131 Å². The van der Waals surface area contributed by atoms with Gasteiger partial charge in [-0.25, -0.2) is 4.79 Å². The highest BCUT2D eigenvalue weighted by Crippen LogP contribution is 2.29. The van der Waals surface area contributed by atoms with Gasteiger partial charge in [0.05, 0.1) is 5.41 Å². The summed E-state index contributed by atoms with van der Waals surface area (Å²) in [7, 11) is 0. The Hall–Kier alpha value is -2.28. The van der Waals surface area contributed by atoms with Crippen LogP contribution in [-0.2, 0) is 14.3 Å². The molecule has 0 atom stereocenters. The molecule has 1 aromatic carbocycles. The highest BCUT2D eigenvalue weighted by atomic mass is 16.5. The van der Waals surface area contributed by atoms with Gasteiger partial charge in [0.1, 0.15) is 12.4 Å². The predicted octanol–water partition coefficient (Wildman–Crippen LogP) is 2.30. The smallest absolute Gasteiger partial charge is 0.384 e. The van der Waals surface area contributed by atoms with Crippen molar-refractivity contribution < 1.29 is 19.4 Å². The van der Waals surface area contributed by atoms with Crippen molar-refractivity contribution in [2.24, 2.45) is 10.8 Å². The third kappa shape index (κ3) is 5.25. The Kier molecular flexibility index (Phi) is 5.38. The number of carbonyl (C=O) groups is 2. The Bertz CT molecular complexity index is 624. The monoisotopic (exact) mass is 301 g/mol. The summed E-state index contributed by atoms with van der Waals surface area (Å²) in [5.74, 6) is 4.01. The molecule has 1 aromatic rings. The second-order valence-electron chi connectivity index (χ2n) is 6.82. The number of carbonyl (C=O) groups excluding carboxylic acids is 2. The molecule has 0 aliphatic rings. The molecule has 4 heteroatoms. The first-order valence-electron chi connectivity index (χ1n) is 7.03. The van der Waals surface area contributed by atoms with E-state index in [2.05, 4.69) is 11.8 Å². The summed E-state index contributed by atoms with van der Waals surface area (Å²) in [6.07, 6.45) is 0. The van der Waals surface area contributed by atoms with E-state index in [-0.39, 0.29) is 18.1 Å². The van der Waals surface area contributed by atoms with E-state index in [9.17, 15) is 14.7 Å². The van der Waals surface area contributed by atoms with Crippen LogP contribution in [-0.4, -0.2) is 18.4 Å². The van der Waals surface area contributed by atoms with Gasteiger partial charge in [-0.3, -0.25) is 4.79 Å². The van der Waals surface area contributed by atoms with Crippen molar-refractivity contribution in [3.05, 3.63) is 29.8 Å². The summed E-state index contributed by atoms with van der Waals surface area (Å²) < 4.78 is 5.06. The van der Waals surface area contributed by atoms with E-state index < -0.39 is 16.8 Å². The summed E-state index contributed by atoms with van der Waals surface area (Å²) >= 11 is 0. The van der Waals surface area contributed by atoms with E-state index in [1.165, 1.54) is 12.1 Å². The molecular formula is C18H21O4-. The zero-order valence-corrected chi connectivity index (χ0v) is 13.6. The number of hydrogen-bond acceptors (Lipinski definition) is 4. The second-order valence-corrected chi connectivity index (χ2v) is 6.82. The molecule has 0 fully saturated rings. The fourth-order valence-electron chi connectivity index (χ4n) is 2.06. The minimum atomic E-state index is -0.773. The van der Waals surface area contributed by atoms with Crippen molar-refractivity contribution in [1.29, 1.82) is 0 Å². The molecule has 118 valence electrons. The van der Waals surface area contributed by atoms with Gasteiger partial charge >= 0.3 is 5.97 Å². The molecule has 0 spiro atoms. The first-order valence-corrected chi connectivity index (χ1v) is 7.03. The van der Waals surface area contributed by atoms with Gasteiger partial charge in [-0.2, -0.15) is 0 Å². The number of benzene rings is 1. The maximum atomic E-state index is 12.3. The van der Waals surface area contributed by atoms with Crippen molar-refractivity contribution in [3.8, 4) is 17.6 Å². The third-order valence-electron chi connectivity index (χ3n) is 3.00. The molecule has 0 bridgehead atoms. The molecular weight excluding hydrogens is 280 g/mol. The fourth-order valence-corrected chi connectivity index (χ4v) is 2.06. The van der Waals surface area contributed by atoms with E-state index in [4.69, 9.17) is 4.74 Å². The first-order chi connectivity index (χ1) is 10.0. The lowest BCUT2D eigenvalue weighted by Gasteiger charge is -2.29. The topological polar surface area (TPSA) is 66.4 Å². The molecule has 0 saturated carbocycles. The lowest BCUT2D eigenvalue weighted by molar-refractivity contribution is -0.268. The summed E-state index contributed by atoms with van der Waals surface area (Å²) in [6.45, 7) is 8.93. The van der Waals surface area contributed by atoms with Gasteiger partial charge in [0, 0.05) is 16.9 Å². The van der Waals surface area contributed by atoms with Crippen LogP contribution in [0.4, 0.5) is 0 Å². The van der Waals surface area contributed by atoms with Crippen LogP contribution >= 0.6 is 0 Å². The van der Waals surface area contributed by atoms with Crippen LogP contribution in [0.1, 0.15) is 40.2 Å². The van der Waals surface area contributed by atoms with E-state index in [0.717, 1.165) is 0 Å². The van der Waals surface area contributed by atoms with Gasteiger partial charge in [0.2, 0.25) is 0 Å². The van der Waals surface area contributed by atoms with E-state index >= 15 is 0 Å². The minimum Gasteiger partial charge on any atom is -0.872 e. The molecule has 0 N–H and O–H groups in total. The lowest BCUT2D eigenvalue weighted by atomic mass is 9.75. The molecule has 0 saturated heterocycles. The zero-order valence-electron chi connectivity index (χ0n) is 13.6. The summed E-state index contributed by atoms with van der Waals surface area (Å²) in [5.41, 5.74) is -0.824. The largest absolute Gasteiger partial charge is 0.872 e. The molecule has 1 rings (SSSR count). The molecule has 0 unspecified atom stereocenters. The molecule has 0 aliphatic heterocycles. The molecule has 0 heterocycles. The average molecular weight is 301 g/mol. The Morgan fingerprint density at radius 1 is 1.18 bits per heavy atom. The van der Waals surface area contributed by atoms with Gasteiger partial charge in [0.25, 0.3) is 0 Å². The van der Waals surface area contributed by atoms with Crippen LogP contribution in [0.5, 0.6) is 5.75 Å². The number of esters is 1. The minimum absolute atomic E-state index is 0.0137. The summed E-state index contributed by atoms with van der Waals surface area (Å²) in [5, 5.41) is 11.1. The van der Waals surface area contributed by atoms with Crippen molar-refractivity contribution in [1.82, 2.24) is 0 Å². The molecule has 0 amide bonds. The van der Waals surface area contributed by atoms with Gasteiger partial charge < -0.3 is 9.84 Å². The fraction of sp³-hybridized carbons (Fsp3) is 0.444. The van der Waals surface area contributed by atoms with Crippen LogP contribution < -0.4 is 5.11 Å². The number of Topliss-reactive ketones (excluding diaryl/α,β-unsaturated/α-hetero) is 1. The van der Waals surface area contributed by atoms with Crippen LogP contribution in [0.2, 0.25) is 0 Å². The number of ketones is 1. The first kappa shape index (κ1) is 17.8. The third-order valence-corrected chi connectivity index (χ3v) is 3.00. The Morgan fingerprint density at radius 2 is 1.82 bits per heavy atom. The summed E-state index contributed by atoms with van der Waals surface area (Å²) in [6, 6.07) is 5.95. The van der Waals surface area contributed by atoms with E-state index in [1.54, 1.807) is 26.0 Å². The average Bonchev–Trinajstić information content (AvgIpc) is 2.41. The standard InChI is InChI=1S/C18H22O4/c1-17(2,3)16(21)18(4,5)12-22-15(20)10-9-13-7-6-8-14(19)11-13/h6-8,11,19H,12H2,1-5H3/p-1. The molecule has 0 aromatic heterocycles. The lowest BCUT2D eigenvalue weighted by Crippen LogP contribution is -2.38. The number of hydrogen-bond donors (Lipinski definition) is 0. The van der Waals surface area contributed by atoms with Crippen LogP contribution in [0.15, 0.2) is 24.3 Å². The maximum Gasteiger partial charge on any atom is 0.384 e. The summed E-state index contributed by atoms with van der Waals surface area (Å²) in [4.78, 5) is 23.9. The molecule has 0 radical (unpaired) electrons. The Balaban J connectivity index is 2.66. The van der Waals surface area contributed by atoms with Crippen LogP contribution in [0.25, 0.3) is 0 Å². The Morgan fingerprint density at radius 3 is 2.36 bits per heavy atom. The maximum absolute atomic E-state index is 12.3. The van der Waals surface area contributed by atoms with Crippen molar-refractivity contribution in [2.75, 3.05) is 6.61 Å². The van der Waals surface area contributed by atoms with E-state index in [1.807, 2.05) is 20.8 Å². The molecule has 22 heavy (non-hydrogen) atoms. The molecule has 4 nitrogen and oxygen atoms in total. The highest BCUT2D eigenvalue weighted by molar-refractivity contribution is 5.91. The van der Waals surface area contributed by atoms with Crippen LogP contribution in [0, 0.1) is 22.7 Å². The number of rotatable bonds is 3. The van der Waals surface area contributed by atoms with Gasteiger partial charge in [0.15, 0.2) is 0 Å². The quantitative estimate of drug-likeness (QED) is 0.634. The van der Waals surface area contributed by atoms with Crippen molar-refractivity contribution >= 4 is 11.8 Å². The number of ether oxygens (including phenoxy) is 1. The van der Waals surface area contributed by atoms with Crippen molar-refractivity contribution in [2.45, 2.75) is 34.6 Å². The normalized spacial score (nSPS) is 11.3. The van der Waals surface area contributed by atoms with Crippen LogP contribution in [0.3, 0.4) is 0 Å². The SMILES string of the molecule is CC(C)(C)C(=O)C(C)(C)COC(=O)C#Cc1cccc([O-])c1. The predicted molar refractivity (Wildman–Crippen MR) is 82.0 cm³/mol. The second kappa shape index (κ2) is 6.65. The van der Waals surface area contributed by atoms with Gasteiger partial charge in [-0.1, -0.05) is 44.9 Å². The zero-order chi connectivity index (χ0) is 17.0. The van der Waals surface area contributed by atoms with E-state index in [0.29, 0.717) is 5.56 Å². The van der Waals surface area contributed by atoms with Gasteiger partial charge in [-0.15, -0.1) is 5.75 Å². The highest BCUT2D eigenvalue weighted by Gasteiger charge is 2.36.